The number of fused-ring (bicyclic) bond motifs is 4. The average Bonchev–Trinajstić information content (AvgIpc) is 3.00. The molecule has 240 valence electrons. The van der Waals surface area contributed by atoms with Crippen LogP contribution in [0.25, 0.3) is 0 Å². The maximum absolute atomic E-state index is 2.57. The third kappa shape index (κ3) is 11.5. The van der Waals surface area contributed by atoms with E-state index in [-0.39, 0.29) is 0 Å². The standard InChI is InChI=1S/2C17H20N2S.Hg.4HI/c2*1-13(18(2)3)12-19-14-8-4-6-10-16(14)20-17-11-7-5-9-15(17)19;;;;;/h2*4-11,13H,12H2,1-3H3;;4*1H/q;;+2;;;;/p-4. The molecule has 0 N–H and O–H groups in total. The number of hydrogen-bond acceptors (Lipinski definition) is 6. The first-order valence-corrected chi connectivity index (χ1v) is 78.5. The van der Waals surface area contributed by atoms with E-state index in [9.17, 15) is 0 Å². The first-order chi connectivity index (χ1) is 21.3. The van der Waals surface area contributed by atoms with Crippen molar-refractivity contribution in [2.75, 3.05) is 51.1 Å². The molecule has 2 heterocycles. The van der Waals surface area contributed by atoms with Gasteiger partial charge in [-0.15, -0.1) is 0 Å². The molecule has 45 heavy (non-hydrogen) atoms. The molecule has 2 aliphatic heterocycles. The van der Waals surface area contributed by atoms with Crippen molar-refractivity contribution < 1.29 is 4.17 Å². The molecule has 4 nitrogen and oxygen atoms in total. The van der Waals surface area contributed by atoms with Crippen molar-refractivity contribution in [1.29, 1.82) is 0 Å². The third-order valence-electron chi connectivity index (χ3n) is 7.72. The molecule has 0 saturated carbocycles. The molecule has 2 aliphatic rings. The van der Waals surface area contributed by atoms with Gasteiger partial charge in [-0.05, 0) is 90.6 Å². The number of benzene rings is 4. The quantitative estimate of drug-likeness (QED) is 0.140. The number of nitrogens with zero attached hydrogens (tertiary/aromatic N) is 4. The molecule has 2 atom stereocenters. The molecule has 0 saturated heterocycles. The summed E-state index contributed by atoms with van der Waals surface area (Å²) in [5, 5.41) is 0. The maximum atomic E-state index is 2.57. The molecule has 0 spiro atoms. The van der Waals surface area contributed by atoms with Crippen LogP contribution in [0, 0.1) is 0 Å². The number of rotatable bonds is 6. The summed E-state index contributed by atoms with van der Waals surface area (Å²) in [6.45, 7) is 6.54. The molecule has 0 radical (unpaired) electrons. The second-order valence-electron chi connectivity index (χ2n) is 11.5. The van der Waals surface area contributed by atoms with Gasteiger partial charge in [0.1, 0.15) is 0 Å². The van der Waals surface area contributed by atoms with Gasteiger partial charge in [-0.25, -0.2) is 0 Å². The van der Waals surface area contributed by atoms with E-state index in [1.54, 1.807) is 0 Å². The van der Waals surface area contributed by atoms with Gasteiger partial charge in [0.25, 0.3) is 0 Å². The van der Waals surface area contributed by atoms with E-state index in [2.05, 4.69) is 229 Å². The number of anilines is 4. The van der Waals surface area contributed by atoms with E-state index in [0.717, 1.165) is 13.1 Å². The molecule has 4 aromatic rings. The Morgan fingerprint density at radius 2 is 0.733 bits per heavy atom. The van der Waals surface area contributed by atoms with Crippen molar-refractivity contribution >= 4 is 117 Å². The van der Waals surface area contributed by atoms with Gasteiger partial charge in [-0.1, -0.05) is 72.1 Å². The summed E-state index contributed by atoms with van der Waals surface area (Å²) in [6, 6.07) is 35.7. The van der Waals surface area contributed by atoms with E-state index in [4.69, 9.17) is 0 Å². The van der Waals surface area contributed by atoms with Gasteiger partial charge < -0.3 is 19.6 Å². The van der Waals surface area contributed by atoms with Crippen LogP contribution in [0.1, 0.15) is 13.8 Å². The minimum atomic E-state index is -1.51. The molecule has 0 aliphatic carbocycles. The van der Waals surface area contributed by atoms with Crippen LogP contribution in [-0.2, 0) is 4.17 Å². The zero-order chi connectivity index (χ0) is 32.7. The van der Waals surface area contributed by atoms with Crippen molar-refractivity contribution in [2.45, 2.75) is 45.5 Å². The van der Waals surface area contributed by atoms with Gasteiger partial charge in [0.15, 0.2) is 0 Å². The van der Waals surface area contributed by atoms with E-state index in [0.29, 0.717) is 12.1 Å². The summed E-state index contributed by atoms with van der Waals surface area (Å²) in [6.07, 6.45) is 0. The summed E-state index contributed by atoms with van der Waals surface area (Å²) in [5.74, 6) is 0. The van der Waals surface area contributed by atoms with Crippen LogP contribution >= 0.6 is 94.2 Å². The Kier molecular flexibility index (Phi) is 15.7. The molecule has 0 bridgehead atoms. The summed E-state index contributed by atoms with van der Waals surface area (Å²) in [4.78, 5) is 14.8. The Hall–Kier alpha value is 0.955. The predicted octanol–water partition coefficient (Wildman–Crippen LogP) is 12.0. The second-order valence-corrected chi connectivity index (χ2v) is 252. The molecule has 0 amide bonds. The Bertz CT molecular complexity index is 1350. The van der Waals surface area contributed by atoms with E-state index >= 15 is 0 Å². The molecule has 11 heteroatoms. The SMILES string of the molecule is CC(CN1c2ccccc2Sc2ccccc21)N(C)C.CC(CN1c2ccccc2Sc2ccccc21)N(C)C.[I][Hg-2]([I])([I])[I]. The Morgan fingerprint density at radius 1 is 0.511 bits per heavy atom. The van der Waals surface area contributed by atoms with Crippen molar-refractivity contribution in [3.63, 3.8) is 0 Å². The van der Waals surface area contributed by atoms with Gasteiger partial charge in [-0.2, -0.15) is 0 Å². The first kappa shape index (κ1) is 38.8. The number of halogens is 4. The zero-order valence-corrected chi connectivity index (χ0v) is 42.4. The van der Waals surface area contributed by atoms with Crippen molar-refractivity contribution in [3.8, 4) is 0 Å². The number of para-hydroxylation sites is 4. The monoisotopic (exact) mass is 1280 g/mol. The Morgan fingerprint density at radius 3 is 0.956 bits per heavy atom. The van der Waals surface area contributed by atoms with Gasteiger partial charge in [0, 0.05) is 44.8 Å². The van der Waals surface area contributed by atoms with Crippen LogP contribution in [0.2, 0.25) is 0 Å². The minimum absolute atomic E-state index is 0.499. The first-order valence-electron chi connectivity index (χ1n) is 15.0. The Balaban J connectivity index is 0.000000179. The van der Waals surface area contributed by atoms with Crippen molar-refractivity contribution in [2.24, 2.45) is 0 Å². The molecule has 2 unspecified atom stereocenters. The van der Waals surface area contributed by atoms with Crippen LogP contribution in [0.15, 0.2) is 117 Å². The predicted molar refractivity (Wildman–Crippen MR) is 230 cm³/mol. The molecule has 4 aromatic carbocycles. The molecular formula is C34H40HgI4N4S2-2. The summed E-state index contributed by atoms with van der Waals surface area (Å²) in [7, 11) is 8.56. The molecular weight excluding hydrogens is 1240 g/mol. The van der Waals surface area contributed by atoms with E-state index in [1.165, 1.54) is 42.3 Å². The van der Waals surface area contributed by atoms with Crippen LogP contribution in [-0.4, -0.2) is 63.2 Å². The van der Waals surface area contributed by atoms with Crippen molar-refractivity contribution in [1.82, 2.24) is 9.80 Å². The summed E-state index contributed by atoms with van der Waals surface area (Å²) >= 11 is 14.0. The van der Waals surface area contributed by atoms with Crippen LogP contribution in [0.5, 0.6) is 0 Å². The Labute approximate surface area is 319 Å². The second kappa shape index (κ2) is 18.3. The van der Waals surface area contributed by atoms with E-state index in [1.807, 2.05) is 23.5 Å². The van der Waals surface area contributed by atoms with Gasteiger partial charge in [0.2, 0.25) is 0 Å². The number of likely N-dealkylation sites (N-methyl/N-ethyl adjacent to an activating group) is 2. The topological polar surface area (TPSA) is 13.0 Å². The fourth-order valence-corrected chi connectivity index (χ4v) is 7.00. The van der Waals surface area contributed by atoms with Gasteiger partial charge in [0.05, 0.1) is 22.7 Å². The summed E-state index contributed by atoms with van der Waals surface area (Å²) in [5.41, 5.74) is 5.30. The van der Waals surface area contributed by atoms with Crippen molar-refractivity contribution in [3.05, 3.63) is 97.1 Å². The summed E-state index contributed by atoms with van der Waals surface area (Å²) < 4.78 is -1.51. The fourth-order valence-electron chi connectivity index (χ4n) is 4.81. The van der Waals surface area contributed by atoms with Crippen LogP contribution in [0.4, 0.5) is 22.7 Å². The normalized spacial score (nSPS) is 14.6. The van der Waals surface area contributed by atoms with Crippen LogP contribution in [0.3, 0.4) is 0 Å². The zero-order valence-electron chi connectivity index (χ0n) is 26.6. The third-order valence-corrected chi connectivity index (χ3v) is 9.98. The van der Waals surface area contributed by atoms with Gasteiger partial charge in [-0.3, -0.25) is 0 Å². The number of hydrogen-bond donors (Lipinski definition) is 0. The molecule has 0 fully saturated rings. The average molecular weight is 1280 g/mol. The van der Waals surface area contributed by atoms with Gasteiger partial charge >= 0.3 is 74.8 Å². The van der Waals surface area contributed by atoms with E-state index < -0.39 is 4.17 Å². The fraction of sp³-hybridized carbons (Fsp3) is 0.294. The molecule has 6 rings (SSSR count). The van der Waals surface area contributed by atoms with Crippen LogP contribution < -0.4 is 9.80 Å². The molecule has 0 aromatic heterocycles.